The third kappa shape index (κ3) is 4.82. The van der Waals surface area contributed by atoms with Crippen molar-refractivity contribution in [2.75, 3.05) is 20.3 Å². The molecule has 0 bridgehead atoms. The number of ketones is 1. The van der Waals surface area contributed by atoms with Crippen molar-refractivity contribution in [2.24, 2.45) is 5.92 Å². The van der Waals surface area contributed by atoms with Crippen molar-refractivity contribution in [3.8, 4) is 0 Å². The van der Waals surface area contributed by atoms with E-state index in [9.17, 15) is 9.90 Å². The number of rotatable bonds is 6. The van der Waals surface area contributed by atoms with Gasteiger partial charge >= 0.3 is 0 Å². The third-order valence-corrected chi connectivity index (χ3v) is 7.88. The first kappa shape index (κ1) is 26.0. The van der Waals surface area contributed by atoms with E-state index >= 15 is 0 Å². The van der Waals surface area contributed by atoms with E-state index < -0.39 is 54.7 Å². The molecule has 0 spiro atoms. The van der Waals surface area contributed by atoms with E-state index in [0.29, 0.717) is 13.1 Å². The molecule has 4 fully saturated rings. The lowest BCUT2D eigenvalue weighted by Crippen LogP contribution is -2.63. The molecule has 38 heavy (non-hydrogen) atoms. The normalized spacial score (nSPS) is 37.5. The maximum atomic E-state index is 14.0. The fraction of sp³-hybridized carbons (Fsp3) is 0.552. The standard InChI is InChI=1S/C29H35NO8/c1-29(2)37-19-15-30(14-17-10-6-4-7-11-17)22(25(19)38-29)23(31)21-24(32)26-20(35-28(21)33-3)16-34-27(36-26)18-12-8-5-9-13-18/h4-13,19-23,25-28,31H,14-16H2,1-3H3/t19-,20+,21+,22+,23+,25-,26+,27?,28-/m0/s1. The molecule has 4 aliphatic heterocycles. The van der Waals surface area contributed by atoms with Gasteiger partial charge in [0.15, 0.2) is 24.2 Å². The Kier molecular flexibility index (Phi) is 7.13. The minimum atomic E-state index is -1.15. The summed E-state index contributed by atoms with van der Waals surface area (Å²) >= 11 is 0. The second kappa shape index (κ2) is 10.4. The summed E-state index contributed by atoms with van der Waals surface area (Å²) in [5, 5.41) is 11.9. The monoisotopic (exact) mass is 525 g/mol. The van der Waals surface area contributed by atoms with Gasteiger partial charge in [-0.3, -0.25) is 9.69 Å². The number of benzene rings is 2. The molecule has 9 atom stereocenters. The van der Waals surface area contributed by atoms with Crippen molar-refractivity contribution in [1.82, 2.24) is 4.90 Å². The van der Waals surface area contributed by atoms with Gasteiger partial charge in [-0.25, -0.2) is 0 Å². The predicted octanol–water partition coefficient (Wildman–Crippen LogP) is 2.42. The summed E-state index contributed by atoms with van der Waals surface area (Å²) in [5.41, 5.74) is 1.91. The predicted molar refractivity (Wildman–Crippen MR) is 135 cm³/mol. The minimum Gasteiger partial charge on any atom is -0.390 e. The van der Waals surface area contributed by atoms with Crippen LogP contribution in [0.1, 0.15) is 31.3 Å². The van der Waals surface area contributed by atoms with E-state index in [1.165, 1.54) is 7.11 Å². The van der Waals surface area contributed by atoms with Crippen LogP contribution in [0.5, 0.6) is 0 Å². The molecule has 4 saturated heterocycles. The van der Waals surface area contributed by atoms with Crippen LogP contribution in [0, 0.1) is 5.92 Å². The number of carbonyl (C=O) groups is 1. The number of aliphatic hydroxyl groups excluding tert-OH is 1. The minimum absolute atomic E-state index is 0.179. The summed E-state index contributed by atoms with van der Waals surface area (Å²) in [7, 11) is 1.48. The van der Waals surface area contributed by atoms with Crippen LogP contribution in [0.3, 0.4) is 0 Å². The SMILES string of the molecule is CO[C@H]1O[C@@H]2COC(c3ccccc3)O[C@H]2C(=O)[C@H]1[C@@H](O)[C@@H]1[C@H]2OC(C)(C)O[C@H]2CN1Cc1ccccc1. The molecule has 4 aliphatic rings. The number of nitrogens with zero attached hydrogens (tertiary/aromatic N) is 1. The van der Waals surface area contributed by atoms with Gasteiger partial charge in [-0.05, 0) is 19.4 Å². The molecule has 0 aromatic heterocycles. The van der Waals surface area contributed by atoms with Gasteiger partial charge in [0.05, 0.1) is 24.7 Å². The number of Topliss-reactive ketones (excluding diaryl/α,β-unsaturated/α-hetero) is 1. The van der Waals surface area contributed by atoms with E-state index in [0.717, 1.165) is 11.1 Å². The summed E-state index contributed by atoms with van der Waals surface area (Å²) in [6.45, 7) is 5.06. The second-order valence-electron chi connectivity index (χ2n) is 10.9. The molecule has 6 rings (SSSR count). The van der Waals surface area contributed by atoms with E-state index in [-0.39, 0.29) is 18.5 Å². The Morgan fingerprint density at radius 1 is 1.03 bits per heavy atom. The first-order valence-electron chi connectivity index (χ1n) is 13.2. The van der Waals surface area contributed by atoms with Gasteiger partial charge in [-0.15, -0.1) is 0 Å². The van der Waals surface area contributed by atoms with Gasteiger partial charge in [-0.2, -0.15) is 0 Å². The Morgan fingerprint density at radius 3 is 2.45 bits per heavy atom. The Morgan fingerprint density at radius 2 is 1.74 bits per heavy atom. The fourth-order valence-corrected chi connectivity index (χ4v) is 6.25. The molecule has 2 aromatic rings. The largest absolute Gasteiger partial charge is 0.390 e. The molecule has 0 saturated carbocycles. The van der Waals surface area contributed by atoms with Gasteiger partial charge in [-0.1, -0.05) is 60.7 Å². The summed E-state index contributed by atoms with van der Waals surface area (Å²) in [5.74, 6) is -2.02. The van der Waals surface area contributed by atoms with E-state index in [1.54, 1.807) is 0 Å². The molecule has 0 amide bonds. The Bertz CT molecular complexity index is 1110. The topological polar surface area (TPSA) is 95.9 Å². The molecule has 0 radical (unpaired) electrons. The number of methoxy groups -OCH3 is 1. The van der Waals surface area contributed by atoms with Crippen LogP contribution in [0.25, 0.3) is 0 Å². The van der Waals surface area contributed by atoms with Crippen LogP contribution in [-0.4, -0.2) is 84.7 Å². The van der Waals surface area contributed by atoms with E-state index in [4.69, 9.17) is 28.4 Å². The van der Waals surface area contributed by atoms with Crippen LogP contribution in [0.15, 0.2) is 60.7 Å². The Hall–Kier alpha value is -2.21. The number of likely N-dealkylation sites (tertiary alicyclic amines) is 1. The molecule has 204 valence electrons. The molecule has 1 N–H and O–H groups in total. The van der Waals surface area contributed by atoms with Crippen LogP contribution < -0.4 is 0 Å². The van der Waals surface area contributed by atoms with Crippen LogP contribution >= 0.6 is 0 Å². The van der Waals surface area contributed by atoms with Crippen molar-refractivity contribution < 1.29 is 38.3 Å². The highest BCUT2D eigenvalue weighted by atomic mass is 16.8. The first-order valence-corrected chi connectivity index (χ1v) is 13.2. The number of carbonyl (C=O) groups excluding carboxylic acids is 1. The Labute approximate surface area is 222 Å². The van der Waals surface area contributed by atoms with E-state index in [2.05, 4.69) is 4.90 Å². The molecule has 9 heteroatoms. The smallest absolute Gasteiger partial charge is 0.184 e. The zero-order valence-electron chi connectivity index (χ0n) is 21.8. The third-order valence-electron chi connectivity index (χ3n) is 7.88. The van der Waals surface area contributed by atoms with Crippen molar-refractivity contribution in [1.29, 1.82) is 0 Å². The van der Waals surface area contributed by atoms with Gasteiger partial charge in [0.1, 0.15) is 24.4 Å². The van der Waals surface area contributed by atoms with Gasteiger partial charge in [0.2, 0.25) is 0 Å². The van der Waals surface area contributed by atoms with Crippen molar-refractivity contribution in [2.45, 2.75) is 75.3 Å². The highest BCUT2D eigenvalue weighted by Crippen LogP contribution is 2.42. The molecule has 0 aliphatic carbocycles. The summed E-state index contributed by atoms with van der Waals surface area (Å²) in [6.07, 6.45) is -4.96. The number of ether oxygens (including phenoxy) is 6. The molecule has 9 nitrogen and oxygen atoms in total. The lowest BCUT2D eigenvalue weighted by atomic mass is 9.83. The molecule has 1 unspecified atom stereocenters. The zero-order valence-corrected chi connectivity index (χ0v) is 21.8. The zero-order chi connectivity index (χ0) is 26.4. The van der Waals surface area contributed by atoms with Gasteiger partial charge < -0.3 is 33.5 Å². The number of hydrogen-bond acceptors (Lipinski definition) is 9. The summed E-state index contributed by atoms with van der Waals surface area (Å²) in [4.78, 5) is 16.1. The summed E-state index contributed by atoms with van der Waals surface area (Å²) in [6, 6.07) is 19.0. The Balaban J connectivity index is 1.27. The van der Waals surface area contributed by atoms with Crippen molar-refractivity contribution in [3.63, 3.8) is 0 Å². The van der Waals surface area contributed by atoms with Crippen molar-refractivity contribution >= 4 is 5.78 Å². The number of fused-ring (bicyclic) bond motifs is 2. The van der Waals surface area contributed by atoms with Crippen LogP contribution in [0.2, 0.25) is 0 Å². The average Bonchev–Trinajstić information content (AvgIpc) is 3.39. The second-order valence-corrected chi connectivity index (χ2v) is 10.9. The van der Waals surface area contributed by atoms with E-state index in [1.807, 2.05) is 74.5 Å². The molecular formula is C29H35NO8. The average molecular weight is 526 g/mol. The molecule has 4 heterocycles. The maximum Gasteiger partial charge on any atom is 0.184 e. The lowest BCUT2D eigenvalue weighted by Gasteiger charge is -2.46. The van der Waals surface area contributed by atoms with Crippen LogP contribution in [-0.2, 0) is 39.8 Å². The highest BCUT2D eigenvalue weighted by Gasteiger charge is 2.60. The van der Waals surface area contributed by atoms with Crippen molar-refractivity contribution in [3.05, 3.63) is 71.8 Å². The maximum absolute atomic E-state index is 14.0. The van der Waals surface area contributed by atoms with Gasteiger partial charge in [0, 0.05) is 25.8 Å². The quantitative estimate of drug-likeness (QED) is 0.610. The number of aliphatic hydroxyl groups is 1. The summed E-state index contributed by atoms with van der Waals surface area (Å²) < 4.78 is 36.2. The lowest BCUT2D eigenvalue weighted by molar-refractivity contribution is -0.315. The molecular weight excluding hydrogens is 490 g/mol. The van der Waals surface area contributed by atoms with Crippen LogP contribution in [0.4, 0.5) is 0 Å². The molecule has 2 aromatic carbocycles. The van der Waals surface area contributed by atoms with Gasteiger partial charge in [0.25, 0.3) is 0 Å². The first-order chi connectivity index (χ1) is 18.3. The number of hydrogen-bond donors (Lipinski definition) is 1. The fourth-order valence-electron chi connectivity index (χ4n) is 6.25. The highest BCUT2D eigenvalue weighted by molar-refractivity contribution is 5.88.